The SMILES string of the molecule is NC(=O)C[C@@H](c1cccc(Oc2ccccc2)c1)n1ccnc1. The molecule has 0 fully saturated rings. The molecule has 1 heterocycles. The number of carbonyl (C=O) groups excluding carboxylic acids is 1. The molecule has 3 aromatic rings. The van der Waals surface area contributed by atoms with Crippen molar-refractivity contribution in [3.8, 4) is 11.5 Å². The lowest BCUT2D eigenvalue weighted by atomic mass is 10.0. The van der Waals surface area contributed by atoms with Crippen LogP contribution in [0.25, 0.3) is 0 Å². The second-order valence-electron chi connectivity index (χ2n) is 5.18. The van der Waals surface area contributed by atoms with E-state index in [0.29, 0.717) is 5.75 Å². The van der Waals surface area contributed by atoms with Crippen molar-refractivity contribution in [3.05, 3.63) is 78.9 Å². The van der Waals surface area contributed by atoms with Crippen LogP contribution >= 0.6 is 0 Å². The first-order chi connectivity index (χ1) is 11.2. The molecule has 0 saturated heterocycles. The highest BCUT2D eigenvalue weighted by atomic mass is 16.5. The summed E-state index contributed by atoms with van der Waals surface area (Å²) in [5, 5.41) is 0. The summed E-state index contributed by atoms with van der Waals surface area (Å²) >= 11 is 0. The first-order valence-corrected chi connectivity index (χ1v) is 7.31. The highest BCUT2D eigenvalue weighted by Gasteiger charge is 2.16. The third-order valence-electron chi connectivity index (χ3n) is 3.50. The molecule has 2 aromatic carbocycles. The maximum absolute atomic E-state index is 11.4. The zero-order chi connectivity index (χ0) is 16.1. The van der Waals surface area contributed by atoms with Crippen LogP contribution in [-0.2, 0) is 4.79 Å². The lowest BCUT2D eigenvalue weighted by Gasteiger charge is -2.18. The van der Waals surface area contributed by atoms with Gasteiger partial charge in [0.2, 0.25) is 5.91 Å². The number of primary amides is 1. The average molecular weight is 307 g/mol. The van der Waals surface area contributed by atoms with E-state index in [1.165, 1.54) is 0 Å². The van der Waals surface area contributed by atoms with Gasteiger partial charge < -0.3 is 15.0 Å². The van der Waals surface area contributed by atoms with Gasteiger partial charge in [-0.15, -0.1) is 0 Å². The second kappa shape index (κ2) is 6.79. The van der Waals surface area contributed by atoms with E-state index in [0.717, 1.165) is 11.3 Å². The number of imidazole rings is 1. The fourth-order valence-electron chi connectivity index (χ4n) is 2.45. The molecular formula is C18H17N3O2. The lowest BCUT2D eigenvalue weighted by Crippen LogP contribution is -2.19. The van der Waals surface area contributed by atoms with E-state index in [2.05, 4.69) is 4.98 Å². The largest absolute Gasteiger partial charge is 0.457 e. The quantitative estimate of drug-likeness (QED) is 0.760. The van der Waals surface area contributed by atoms with E-state index in [1.54, 1.807) is 12.5 Å². The van der Waals surface area contributed by atoms with Gasteiger partial charge in [0.25, 0.3) is 0 Å². The number of rotatable bonds is 6. The minimum atomic E-state index is -0.363. The molecular weight excluding hydrogens is 290 g/mol. The Morgan fingerprint density at radius 3 is 2.61 bits per heavy atom. The Morgan fingerprint density at radius 1 is 1.13 bits per heavy atom. The molecule has 1 amide bonds. The lowest BCUT2D eigenvalue weighted by molar-refractivity contribution is -0.118. The standard InChI is InChI=1S/C18H17N3O2/c19-18(22)12-17(21-10-9-20-13-21)14-5-4-8-16(11-14)23-15-6-2-1-3-7-15/h1-11,13,17H,12H2,(H2,19,22)/t17-/m0/s1. The summed E-state index contributed by atoms with van der Waals surface area (Å²) in [6.45, 7) is 0. The fourth-order valence-corrected chi connectivity index (χ4v) is 2.45. The predicted molar refractivity (Wildman–Crippen MR) is 87.1 cm³/mol. The Labute approximate surface area is 134 Å². The Kier molecular flexibility index (Phi) is 4.38. The maximum Gasteiger partial charge on any atom is 0.219 e. The van der Waals surface area contributed by atoms with Crippen LogP contribution in [0.4, 0.5) is 0 Å². The van der Waals surface area contributed by atoms with Gasteiger partial charge >= 0.3 is 0 Å². The second-order valence-corrected chi connectivity index (χ2v) is 5.18. The molecule has 0 saturated carbocycles. The summed E-state index contributed by atoms with van der Waals surface area (Å²) in [6.07, 6.45) is 5.38. The van der Waals surface area contributed by atoms with Gasteiger partial charge in [0.1, 0.15) is 11.5 Å². The van der Waals surface area contributed by atoms with Gasteiger partial charge in [-0.2, -0.15) is 0 Å². The monoisotopic (exact) mass is 307 g/mol. The summed E-state index contributed by atoms with van der Waals surface area (Å²) in [5.74, 6) is 1.11. The molecule has 1 atom stereocenters. The minimum absolute atomic E-state index is 0.200. The molecule has 0 aliphatic carbocycles. The average Bonchev–Trinajstić information content (AvgIpc) is 3.08. The van der Waals surface area contributed by atoms with Crippen LogP contribution in [-0.4, -0.2) is 15.5 Å². The van der Waals surface area contributed by atoms with E-state index in [-0.39, 0.29) is 18.4 Å². The van der Waals surface area contributed by atoms with E-state index in [9.17, 15) is 4.79 Å². The van der Waals surface area contributed by atoms with Crippen LogP contribution in [0.2, 0.25) is 0 Å². The molecule has 0 aliphatic rings. The van der Waals surface area contributed by atoms with E-state index < -0.39 is 0 Å². The van der Waals surface area contributed by atoms with Crippen molar-refractivity contribution in [1.29, 1.82) is 0 Å². The van der Waals surface area contributed by atoms with Crippen molar-refractivity contribution >= 4 is 5.91 Å². The first kappa shape index (κ1) is 14.8. The van der Waals surface area contributed by atoms with Crippen molar-refractivity contribution in [1.82, 2.24) is 9.55 Å². The third-order valence-corrected chi connectivity index (χ3v) is 3.50. The van der Waals surface area contributed by atoms with Gasteiger partial charge in [-0.25, -0.2) is 4.98 Å². The third kappa shape index (κ3) is 3.77. The summed E-state index contributed by atoms with van der Waals surface area (Å²) in [6, 6.07) is 17.0. The fraction of sp³-hybridized carbons (Fsp3) is 0.111. The van der Waals surface area contributed by atoms with Crippen molar-refractivity contribution in [2.45, 2.75) is 12.5 Å². The highest BCUT2D eigenvalue weighted by molar-refractivity contribution is 5.74. The molecule has 0 bridgehead atoms. The molecule has 5 nitrogen and oxygen atoms in total. The molecule has 0 radical (unpaired) electrons. The van der Waals surface area contributed by atoms with Gasteiger partial charge in [0.05, 0.1) is 18.8 Å². The number of hydrogen-bond donors (Lipinski definition) is 1. The Hall–Kier alpha value is -3.08. The number of amides is 1. The molecule has 1 aromatic heterocycles. The Bertz CT molecular complexity index is 770. The molecule has 0 unspecified atom stereocenters. The molecule has 116 valence electrons. The number of carbonyl (C=O) groups is 1. The normalized spacial score (nSPS) is 11.8. The van der Waals surface area contributed by atoms with Gasteiger partial charge in [0.15, 0.2) is 0 Å². The van der Waals surface area contributed by atoms with Crippen LogP contribution in [0.3, 0.4) is 0 Å². The van der Waals surface area contributed by atoms with Gasteiger partial charge in [-0.05, 0) is 29.8 Å². The maximum atomic E-state index is 11.4. The number of aromatic nitrogens is 2. The molecule has 23 heavy (non-hydrogen) atoms. The van der Waals surface area contributed by atoms with Gasteiger partial charge in [-0.3, -0.25) is 4.79 Å². The minimum Gasteiger partial charge on any atom is -0.457 e. The van der Waals surface area contributed by atoms with Gasteiger partial charge in [0, 0.05) is 12.4 Å². The zero-order valence-corrected chi connectivity index (χ0v) is 12.5. The van der Waals surface area contributed by atoms with Crippen molar-refractivity contribution in [3.63, 3.8) is 0 Å². The summed E-state index contributed by atoms with van der Waals surface area (Å²) in [7, 11) is 0. The number of nitrogens with zero attached hydrogens (tertiary/aromatic N) is 2. The summed E-state index contributed by atoms with van der Waals surface area (Å²) in [5.41, 5.74) is 6.33. The number of para-hydroxylation sites is 1. The first-order valence-electron chi connectivity index (χ1n) is 7.31. The molecule has 0 aliphatic heterocycles. The number of hydrogen-bond acceptors (Lipinski definition) is 3. The number of nitrogens with two attached hydrogens (primary N) is 1. The van der Waals surface area contributed by atoms with Crippen LogP contribution in [0.15, 0.2) is 73.3 Å². The van der Waals surface area contributed by atoms with Crippen LogP contribution < -0.4 is 10.5 Å². The summed E-state index contributed by atoms with van der Waals surface area (Å²) in [4.78, 5) is 15.5. The van der Waals surface area contributed by atoms with Gasteiger partial charge in [-0.1, -0.05) is 30.3 Å². The van der Waals surface area contributed by atoms with E-state index >= 15 is 0 Å². The molecule has 0 spiro atoms. The molecule has 2 N–H and O–H groups in total. The predicted octanol–water partition coefficient (Wildman–Crippen LogP) is 3.14. The van der Waals surface area contributed by atoms with Crippen molar-refractivity contribution < 1.29 is 9.53 Å². The van der Waals surface area contributed by atoms with Crippen molar-refractivity contribution in [2.75, 3.05) is 0 Å². The van der Waals surface area contributed by atoms with Crippen LogP contribution in [0.1, 0.15) is 18.0 Å². The molecule has 5 heteroatoms. The molecule has 3 rings (SSSR count). The topological polar surface area (TPSA) is 70.1 Å². The van der Waals surface area contributed by atoms with Crippen LogP contribution in [0.5, 0.6) is 11.5 Å². The number of ether oxygens (including phenoxy) is 1. The van der Waals surface area contributed by atoms with Crippen LogP contribution in [0, 0.1) is 0 Å². The van der Waals surface area contributed by atoms with E-state index in [4.69, 9.17) is 10.5 Å². The number of benzene rings is 2. The smallest absolute Gasteiger partial charge is 0.219 e. The Balaban J connectivity index is 1.88. The summed E-state index contributed by atoms with van der Waals surface area (Å²) < 4.78 is 7.72. The zero-order valence-electron chi connectivity index (χ0n) is 12.5. The van der Waals surface area contributed by atoms with E-state index in [1.807, 2.05) is 65.4 Å². The Morgan fingerprint density at radius 2 is 1.91 bits per heavy atom. The highest BCUT2D eigenvalue weighted by Crippen LogP contribution is 2.27. The van der Waals surface area contributed by atoms with Crippen molar-refractivity contribution in [2.24, 2.45) is 5.73 Å².